The number of amides is 1. The minimum Gasteiger partial charge on any atom is -0.478 e. The molecule has 2 heterocycles. The molecule has 0 aliphatic rings. The van der Waals surface area contributed by atoms with E-state index in [1.54, 1.807) is 24.4 Å². The number of nitrogens with zero attached hydrogens (tertiary/aromatic N) is 2. The Labute approximate surface area is 135 Å². The van der Waals surface area contributed by atoms with Gasteiger partial charge in [0.15, 0.2) is 0 Å². The van der Waals surface area contributed by atoms with Gasteiger partial charge in [0.25, 0.3) is 5.91 Å². The van der Waals surface area contributed by atoms with E-state index in [0.717, 1.165) is 5.56 Å². The Morgan fingerprint density at radius 3 is 2.91 bits per heavy atom. The van der Waals surface area contributed by atoms with Crippen molar-refractivity contribution >= 4 is 11.7 Å². The SMILES string of the molecule is C=CCNC(=O)c1ccc(NCc2cccnc2OCC)nc1. The first-order chi connectivity index (χ1) is 11.2. The van der Waals surface area contributed by atoms with Crippen molar-refractivity contribution < 1.29 is 9.53 Å². The molecule has 0 fully saturated rings. The van der Waals surface area contributed by atoms with Gasteiger partial charge in [-0.25, -0.2) is 9.97 Å². The number of ether oxygens (including phenoxy) is 1. The predicted octanol–water partition coefficient (Wildman–Crippen LogP) is 2.40. The van der Waals surface area contributed by atoms with Gasteiger partial charge in [0.05, 0.1) is 12.2 Å². The third kappa shape index (κ3) is 4.81. The van der Waals surface area contributed by atoms with Gasteiger partial charge in [-0.3, -0.25) is 4.79 Å². The summed E-state index contributed by atoms with van der Waals surface area (Å²) in [5.41, 5.74) is 1.46. The second-order valence-electron chi connectivity index (χ2n) is 4.69. The van der Waals surface area contributed by atoms with Gasteiger partial charge in [0.1, 0.15) is 5.82 Å². The zero-order valence-corrected chi connectivity index (χ0v) is 13.1. The number of anilines is 1. The summed E-state index contributed by atoms with van der Waals surface area (Å²) < 4.78 is 5.48. The van der Waals surface area contributed by atoms with Gasteiger partial charge in [0, 0.05) is 31.0 Å². The van der Waals surface area contributed by atoms with E-state index >= 15 is 0 Å². The van der Waals surface area contributed by atoms with Gasteiger partial charge in [-0.2, -0.15) is 0 Å². The van der Waals surface area contributed by atoms with Crippen molar-refractivity contribution in [1.82, 2.24) is 15.3 Å². The molecule has 2 aromatic rings. The molecule has 120 valence electrons. The normalized spacial score (nSPS) is 9.96. The van der Waals surface area contributed by atoms with E-state index < -0.39 is 0 Å². The minimum absolute atomic E-state index is 0.171. The number of pyridine rings is 2. The van der Waals surface area contributed by atoms with E-state index in [1.165, 1.54) is 6.20 Å². The highest BCUT2D eigenvalue weighted by Gasteiger charge is 2.06. The zero-order chi connectivity index (χ0) is 16.5. The maximum Gasteiger partial charge on any atom is 0.253 e. The molecule has 0 radical (unpaired) electrons. The summed E-state index contributed by atoms with van der Waals surface area (Å²) in [7, 11) is 0. The topological polar surface area (TPSA) is 76.1 Å². The molecule has 1 amide bonds. The van der Waals surface area contributed by atoms with Crippen molar-refractivity contribution in [3.05, 3.63) is 60.4 Å². The van der Waals surface area contributed by atoms with Crippen LogP contribution in [-0.4, -0.2) is 29.0 Å². The lowest BCUT2D eigenvalue weighted by Gasteiger charge is -2.10. The van der Waals surface area contributed by atoms with Gasteiger partial charge in [-0.15, -0.1) is 6.58 Å². The first-order valence-electron chi connectivity index (χ1n) is 7.40. The van der Waals surface area contributed by atoms with Crippen LogP contribution >= 0.6 is 0 Å². The zero-order valence-electron chi connectivity index (χ0n) is 13.1. The lowest BCUT2D eigenvalue weighted by Crippen LogP contribution is -2.23. The maximum absolute atomic E-state index is 11.8. The average Bonchev–Trinajstić information content (AvgIpc) is 2.59. The molecule has 2 aromatic heterocycles. The Hall–Kier alpha value is -2.89. The third-order valence-corrected chi connectivity index (χ3v) is 3.02. The van der Waals surface area contributed by atoms with Gasteiger partial charge >= 0.3 is 0 Å². The molecule has 0 aliphatic carbocycles. The first kappa shape index (κ1) is 16.5. The van der Waals surface area contributed by atoms with Crippen LogP contribution in [0.25, 0.3) is 0 Å². The molecular weight excluding hydrogens is 292 g/mol. The van der Waals surface area contributed by atoms with Gasteiger partial charge in [-0.05, 0) is 25.1 Å². The van der Waals surface area contributed by atoms with Crippen LogP contribution in [0.5, 0.6) is 5.88 Å². The number of carbonyl (C=O) groups is 1. The summed E-state index contributed by atoms with van der Waals surface area (Å²) in [5.74, 6) is 1.12. The summed E-state index contributed by atoms with van der Waals surface area (Å²) >= 11 is 0. The third-order valence-electron chi connectivity index (χ3n) is 3.02. The highest BCUT2D eigenvalue weighted by Crippen LogP contribution is 2.16. The van der Waals surface area contributed by atoms with Gasteiger partial charge in [-0.1, -0.05) is 12.1 Å². The van der Waals surface area contributed by atoms with Crippen molar-refractivity contribution in [1.29, 1.82) is 0 Å². The van der Waals surface area contributed by atoms with E-state index in [-0.39, 0.29) is 5.91 Å². The fourth-order valence-corrected chi connectivity index (χ4v) is 1.91. The maximum atomic E-state index is 11.8. The summed E-state index contributed by atoms with van der Waals surface area (Å²) in [5, 5.41) is 5.90. The molecule has 2 rings (SSSR count). The summed E-state index contributed by atoms with van der Waals surface area (Å²) in [6.07, 6.45) is 4.86. The van der Waals surface area contributed by atoms with E-state index in [0.29, 0.717) is 37.0 Å². The average molecular weight is 312 g/mol. The number of aromatic nitrogens is 2. The van der Waals surface area contributed by atoms with Crippen molar-refractivity contribution in [2.75, 3.05) is 18.5 Å². The molecule has 2 N–H and O–H groups in total. The summed E-state index contributed by atoms with van der Waals surface area (Å²) in [4.78, 5) is 20.2. The molecule has 6 nitrogen and oxygen atoms in total. The highest BCUT2D eigenvalue weighted by atomic mass is 16.5. The number of carbonyl (C=O) groups excluding carboxylic acids is 1. The largest absolute Gasteiger partial charge is 0.478 e. The van der Waals surface area contributed by atoms with Crippen molar-refractivity contribution in [2.24, 2.45) is 0 Å². The molecule has 0 saturated heterocycles. The molecule has 0 saturated carbocycles. The van der Waals surface area contributed by atoms with Crippen LogP contribution in [0, 0.1) is 0 Å². The van der Waals surface area contributed by atoms with Crippen LogP contribution in [0.1, 0.15) is 22.8 Å². The fourth-order valence-electron chi connectivity index (χ4n) is 1.91. The van der Waals surface area contributed by atoms with Crippen molar-refractivity contribution in [3.8, 4) is 5.88 Å². The Morgan fingerprint density at radius 2 is 2.22 bits per heavy atom. The number of hydrogen-bond donors (Lipinski definition) is 2. The molecule has 0 aliphatic heterocycles. The molecule has 6 heteroatoms. The molecule has 23 heavy (non-hydrogen) atoms. The second-order valence-corrected chi connectivity index (χ2v) is 4.69. The van der Waals surface area contributed by atoms with E-state index in [9.17, 15) is 4.79 Å². The van der Waals surface area contributed by atoms with Crippen molar-refractivity contribution in [3.63, 3.8) is 0 Å². The first-order valence-corrected chi connectivity index (χ1v) is 7.40. The molecule has 0 unspecified atom stereocenters. The standard InChI is InChI=1S/C17H20N4O2/c1-3-9-18-16(22)13-7-8-15(20-11-13)21-12-14-6-5-10-19-17(14)23-4-2/h3,5-8,10-11H,1,4,9,12H2,2H3,(H,18,22)(H,20,21). The lowest BCUT2D eigenvalue weighted by molar-refractivity contribution is 0.0957. The summed E-state index contributed by atoms with van der Waals surface area (Å²) in [6.45, 7) is 7.02. The van der Waals surface area contributed by atoms with Crippen LogP contribution < -0.4 is 15.4 Å². The van der Waals surface area contributed by atoms with Crippen LogP contribution in [0.2, 0.25) is 0 Å². The highest BCUT2D eigenvalue weighted by molar-refractivity contribution is 5.94. The van der Waals surface area contributed by atoms with Crippen molar-refractivity contribution in [2.45, 2.75) is 13.5 Å². The van der Waals surface area contributed by atoms with Crippen LogP contribution in [0.15, 0.2) is 49.3 Å². The molecular formula is C17H20N4O2. The van der Waals surface area contributed by atoms with Crippen LogP contribution in [-0.2, 0) is 6.54 Å². The van der Waals surface area contributed by atoms with E-state index in [2.05, 4.69) is 27.2 Å². The lowest BCUT2D eigenvalue weighted by atomic mass is 10.2. The number of rotatable bonds is 8. The quantitative estimate of drug-likeness (QED) is 0.732. The molecule has 0 spiro atoms. The Balaban J connectivity index is 1.96. The summed E-state index contributed by atoms with van der Waals surface area (Å²) in [6, 6.07) is 7.29. The Bertz CT molecular complexity index is 656. The van der Waals surface area contributed by atoms with E-state index in [4.69, 9.17) is 4.74 Å². The molecule has 0 atom stereocenters. The monoisotopic (exact) mass is 312 g/mol. The van der Waals surface area contributed by atoms with Crippen LogP contribution in [0.3, 0.4) is 0 Å². The number of nitrogens with one attached hydrogen (secondary N) is 2. The van der Waals surface area contributed by atoms with Crippen LogP contribution in [0.4, 0.5) is 5.82 Å². The predicted molar refractivity (Wildman–Crippen MR) is 89.5 cm³/mol. The smallest absolute Gasteiger partial charge is 0.253 e. The number of hydrogen-bond acceptors (Lipinski definition) is 5. The molecule has 0 aromatic carbocycles. The van der Waals surface area contributed by atoms with Gasteiger partial charge < -0.3 is 15.4 Å². The fraction of sp³-hybridized carbons (Fsp3) is 0.235. The Kier molecular flexibility index (Phi) is 6.11. The Morgan fingerprint density at radius 1 is 1.35 bits per heavy atom. The molecule has 0 bridgehead atoms. The van der Waals surface area contributed by atoms with E-state index in [1.807, 2.05) is 19.1 Å². The minimum atomic E-state index is -0.171. The van der Waals surface area contributed by atoms with Gasteiger partial charge in [0.2, 0.25) is 5.88 Å². The second kappa shape index (κ2) is 8.53.